The molecule has 0 radical (unpaired) electrons. The molecule has 2 heterocycles. The number of hydrogen-bond acceptors (Lipinski definition) is 3. The molecule has 7 heteroatoms. The van der Waals surface area contributed by atoms with E-state index in [1.165, 1.54) is 6.07 Å². The molecule has 0 spiro atoms. The third-order valence-corrected chi connectivity index (χ3v) is 2.87. The van der Waals surface area contributed by atoms with E-state index in [4.69, 9.17) is 4.74 Å². The van der Waals surface area contributed by atoms with E-state index in [2.05, 4.69) is 9.97 Å². The number of alkyl halides is 3. The van der Waals surface area contributed by atoms with Crippen LogP contribution in [0.2, 0.25) is 0 Å². The molecule has 1 aromatic carbocycles. The first-order chi connectivity index (χ1) is 8.95. The summed E-state index contributed by atoms with van der Waals surface area (Å²) in [5.41, 5.74) is 0.490. The number of aromatic amines is 1. The lowest BCUT2D eigenvalue weighted by molar-refractivity contribution is -0.137. The summed E-state index contributed by atoms with van der Waals surface area (Å²) in [6.07, 6.45) is -2.76. The SMILES string of the molecule is Cc1cnc(N2COc3ccc(C(F)(F)F)cc32)[nH]1. The molecule has 3 rings (SSSR count). The molecule has 1 aliphatic heterocycles. The fourth-order valence-electron chi connectivity index (χ4n) is 1.94. The maximum Gasteiger partial charge on any atom is 0.416 e. The van der Waals surface area contributed by atoms with Crippen LogP contribution < -0.4 is 9.64 Å². The molecule has 0 amide bonds. The minimum Gasteiger partial charge on any atom is -0.470 e. The summed E-state index contributed by atoms with van der Waals surface area (Å²) in [6, 6.07) is 3.41. The second kappa shape index (κ2) is 3.91. The number of hydrogen-bond donors (Lipinski definition) is 1. The predicted molar refractivity (Wildman–Crippen MR) is 62.4 cm³/mol. The van der Waals surface area contributed by atoms with Gasteiger partial charge in [-0.15, -0.1) is 0 Å². The third kappa shape index (κ3) is 2.00. The molecule has 0 aliphatic carbocycles. The zero-order chi connectivity index (χ0) is 13.6. The molecule has 0 atom stereocenters. The normalized spacial score (nSPS) is 14.4. The number of halogens is 3. The molecule has 0 saturated heterocycles. The molecule has 4 nitrogen and oxygen atoms in total. The predicted octanol–water partition coefficient (Wildman–Crippen LogP) is 3.22. The van der Waals surface area contributed by atoms with Gasteiger partial charge in [0.05, 0.1) is 11.3 Å². The van der Waals surface area contributed by atoms with Crippen LogP contribution in [-0.2, 0) is 6.18 Å². The Balaban J connectivity index is 2.03. The molecule has 100 valence electrons. The minimum absolute atomic E-state index is 0.142. The first kappa shape index (κ1) is 11.9. The highest BCUT2D eigenvalue weighted by Crippen LogP contribution is 2.41. The number of anilines is 2. The number of H-pyrrole nitrogens is 1. The Kier molecular flexibility index (Phi) is 2.44. The maximum absolute atomic E-state index is 12.7. The molecule has 0 saturated carbocycles. The van der Waals surface area contributed by atoms with Gasteiger partial charge in [-0.2, -0.15) is 13.2 Å². The highest BCUT2D eigenvalue weighted by atomic mass is 19.4. The molecule has 0 bridgehead atoms. The van der Waals surface area contributed by atoms with Gasteiger partial charge in [-0.25, -0.2) is 4.98 Å². The van der Waals surface area contributed by atoms with E-state index in [-0.39, 0.29) is 6.73 Å². The Hall–Kier alpha value is -2.18. The fourth-order valence-corrected chi connectivity index (χ4v) is 1.94. The van der Waals surface area contributed by atoms with Gasteiger partial charge in [-0.05, 0) is 25.1 Å². The van der Waals surface area contributed by atoms with Crippen LogP contribution in [0.1, 0.15) is 11.3 Å². The first-order valence-corrected chi connectivity index (χ1v) is 5.58. The van der Waals surface area contributed by atoms with Gasteiger partial charge < -0.3 is 9.72 Å². The molecule has 0 unspecified atom stereocenters. The molecule has 2 aromatic rings. The average Bonchev–Trinajstić information content (AvgIpc) is 2.92. The van der Waals surface area contributed by atoms with Crippen molar-refractivity contribution in [2.75, 3.05) is 11.6 Å². The zero-order valence-corrected chi connectivity index (χ0v) is 9.95. The van der Waals surface area contributed by atoms with Gasteiger partial charge in [0, 0.05) is 11.9 Å². The van der Waals surface area contributed by atoms with Gasteiger partial charge in [-0.1, -0.05) is 0 Å². The highest BCUT2D eigenvalue weighted by molar-refractivity contribution is 5.69. The van der Waals surface area contributed by atoms with Crippen molar-refractivity contribution < 1.29 is 17.9 Å². The topological polar surface area (TPSA) is 41.2 Å². The molecule has 19 heavy (non-hydrogen) atoms. The summed E-state index contributed by atoms with van der Waals surface area (Å²) in [5.74, 6) is 0.887. The number of ether oxygens (including phenoxy) is 1. The lowest BCUT2D eigenvalue weighted by Crippen LogP contribution is -2.17. The van der Waals surface area contributed by atoms with Gasteiger partial charge in [0.25, 0.3) is 0 Å². The van der Waals surface area contributed by atoms with Crippen LogP contribution >= 0.6 is 0 Å². The van der Waals surface area contributed by atoms with E-state index in [1.807, 2.05) is 6.92 Å². The number of fused-ring (bicyclic) bond motifs is 1. The number of benzene rings is 1. The summed E-state index contributed by atoms with van der Waals surface area (Å²) in [7, 11) is 0. The summed E-state index contributed by atoms with van der Waals surface area (Å²) >= 11 is 0. The summed E-state index contributed by atoms with van der Waals surface area (Å²) < 4.78 is 43.5. The van der Waals surface area contributed by atoms with Gasteiger partial charge in [0.15, 0.2) is 6.73 Å². The molecule has 1 N–H and O–H groups in total. The summed E-state index contributed by atoms with van der Waals surface area (Å²) in [6.45, 7) is 1.96. The Morgan fingerprint density at radius 3 is 2.79 bits per heavy atom. The van der Waals surface area contributed by atoms with Crippen LogP contribution in [0.3, 0.4) is 0 Å². The van der Waals surface area contributed by atoms with Gasteiger partial charge in [0.1, 0.15) is 5.75 Å². The zero-order valence-electron chi connectivity index (χ0n) is 9.95. The van der Waals surface area contributed by atoms with Crippen LogP contribution in [0.4, 0.5) is 24.8 Å². The number of rotatable bonds is 1. The number of imidazole rings is 1. The molecule has 0 fully saturated rings. The van der Waals surface area contributed by atoms with Crippen molar-refractivity contribution in [3.8, 4) is 5.75 Å². The fraction of sp³-hybridized carbons (Fsp3) is 0.250. The second-order valence-corrected chi connectivity index (χ2v) is 4.27. The van der Waals surface area contributed by atoms with Crippen molar-refractivity contribution in [3.05, 3.63) is 35.7 Å². The van der Waals surface area contributed by atoms with Crippen LogP contribution in [0, 0.1) is 6.92 Å². The van der Waals surface area contributed by atoms with Crippen LogP contribution in [0.15, 0.2) is 24.4 Å². The van der Waals surface area contributed by atoms with E-state index in [0.717, 1.165) is 17.8 Å². The van der Waals surface area contributed by atoms with Crippen molar-refractivity contribution in [2.24, 2.45) is 0 Å². The average molecular weight is 269 g/mol. The Bertz CT molecular complexity index is 621. The molecule has 1 aromatic heterocycles. The van der Waals surface area contributed by atoms with E-state index in [1.54, 1.807) is 11.1 Å². The van der Waals surface area contributed by atoms with E-state index in [9.17, 15) is 13.2 Å². The Morgan fingerprint density at radius 2 is 2.16 bits per heavy atom. The lowest BCUT2D eigenvalue weighted by atomic mass is 10.2. The van der Waals surface area contributed by atoms with Crippen LogP contribution in [-0.4, -0.2) is 16.7 Å². The standard InChI is InChI=1S/C12H10F3N3O/c1-7-5-16-11(17-7)18-6-19-10-3-2-8(4-9(10)18)12(13,14)15/h2-5H,6H2,1H3,(H,16,17). The first-order valence-electron chi connectivity index (χ1n) is 5.58. The Morgan fingerprint density at radius 1 is 1.37 bits per heavy atom. The molecular weight excluding hydrogens is 259 g/mol. The van der Waals surface area contributed by atoms with E-state index >= 15 is 0 Å². The van der Waals surface area contributed by atoms with Crippen LogP contribution in [0.25, 0.3) is 0 Å². The minimum atomic E-state index is -4.37. The number of aromatic nitrogens is 2. The molecular formula is C12H10F3N3O. The van der Waals surface area contributed by atoms with E-state index < -0.39 is 11.7 Å². The smallest absolute Gasteiger partial charge is 0.416 e. The maximum atomic E-state index is 12.7. The van der Waals surface area contributed by atoms with Crippen molar-refractivity contribution in [3.63, 3.8) is 0 Å². The van der Waals surface area contributed by atoms with Gasteiger partial charge in [0.2, 0.25) is 5.95 Å². The quantitative estimate of drug-likeness (QED) is 0.864. The molecule has 1 aliphatic rings. The monoisotopic (exact) mass is 269 g/mol. The second-order valence-electron chi connectivity index (χ2n) is 4.27. The van der Waals surface area contributed by atoms with Gasteiger partial charge >= 0.3 is 6.18 Å². The third-order valence-electron chi connectivity index (χ3n) is 2.87. The van der Waals surface area contributed by atoms with Crippen molar-refractivity contribution in [2.45, 2.75) is 13.1 Å². The Labute approximate surface area is 106 Å². The van der Waals surface area contributed by atoms with Crippen LogP contribution in [0.5, 0.6) is 5.75 Å². The van der Waals surface area contributed by atoms with Crippen molar-refractivity contribution in [1.29, 1.82) is 0 Å². The summed E-state index contributed by atoms with van der Waals surface area (Å²) in [4.78, 5) is 8.64. The van der Waals surface area contributed by atoms with Crippen molar-refractivity contribution >= 4 is 11.6 Å². The lowest BCUT2D eigenvalue weighted by Gasteiger charge is -2.14. The van der Waals surface area contributed by atoms with E-state index in [0.29, 0.717) is 17.4 Å². The van der Waals surface area contributed by atoms with Crippen molar-refractivity contribution in [1.82, 2.24) is 9.97 Å². The van der Waals surface area contributed by atoms with Gasteiger partial charge in [-0.3, -0.25) is 4.90 Å². The number of nitrogens with one attached hydrogen (secondary N) is 1. The number of nitrogens with zero attached hydrogens (tertiary/aromatic N) is 2. The largest absolute Gasteiger partial charge is 0.470 e. The number of aryl methyl sites for hydroxylation is 1. The summed E-state index contributed by atoms with van der Waals surface area (Å²) in [5, 5.41) is 0. The highest BCUT2D eigenvalue weighted by Gasteiger charge is 2.33.